The van der Waals surface area contributed by atoms with Gasteiger partial charge in [-0.05, 0) is 13.5 Å². The number of carboxylic acids is 1. The maximum atomic E-state index is 11.6. The molecule has 2 aliphatic rings. The van der Waals surface area contributed by atoms with Crippen LogP contribution in [0.25, 0.3) is 0 Å². The Kier molecular flexibility index (Phi) is 4.19. The molecular weight excluding hydrogens is 234 g/mol. The first kappa shape index (κ1) is 13.3. The molecule has 0 radical (unpaired) electrons. The zero-order valence-electron chi connectivity index (χ0n) is 10.8. The van der Waals surface area contributed by atoms with E-state index >= 15 is 0 Å². The van der Waals surface area contributed by atoms with Gasteiger partial charge in [-0.1, -0.05) is 0 Å². The topological polar surface area (TPSA) is 64.1 Å². The summed E-state index contributed by atoms with van der Waals surface area (Å²) in [6.07, 6.45) is 0.830. The van der Waals surface area contributed by atoms with Crippen LogP contribution in [0.3, 0.4) is 0 Å². The van der Waals surface area contributed by atoms with Gasteiger partial charge in [-0.2, -0.15) is 0 Å². The first-order chi connectivity index (χ1) is 8.58. The largest absolute Gasteiger partial charge is 0.480 e. The van der Waals surface area contributed by atoms with Crippen molar-refractivity contribution in [3.63, 3.8) is 0 Å². The van der Waals surface area contributed by atoms with Crippen LogP contribution in [-0.4, -0.2) is 84.0 Å². The maximum Gasteiger partial charge on any atom is 0.326 e. The molecule has 0 aromatic rings. The molecule has 0 saturated carbocycles. The normalized spacial score (nSPS) is 26.8. The molecule has 2 heterocycles. The number of likely N-dealkylation sites (N-methyl/N-ethyl adjacent to an activating group) is 1. The minimum Gasteiger partial charge on any atom is -0.480 e. The molecule has 1 atom stereocenters. The molecule has 6 heteroatoms. The first-order valence-electron chi connectivity index (χ1n) is 6.51. The molecule has 6 nitrogen and oxygen atoms in total. The fraction of sp³-hybridized carbons (Fsp3) is 0.833. The number of nitrogens with zero attached hydrogens (tertiary/aromatic N) is 3. The van der Waals surface area contributed by atoms with Gasteiger partial charge in [0.25, 0.3) is 0 Å². The number of carbonyl (C=O) groups is 2. The zero-order chi connectivity index (χ0) is 13.1. The average Bonchev–Trinajstić information content (AvgIpc) is 2.70. The van der Waals surface area contributed by atoms with E-state index < -0.39 is 12.0 Å². The molecule has 0 bridgehead atoms. The van der Waals surface area contributed by atoms with Crippen molar-refractivity contribution in [3.05, 3.63) is 0 Å². The quantitative estimate of drug-likeness (QED) is 0.720. The van der Waals surface area contributed by atoms with Gasteiger partial charge in [0.15, 0.2) is 0 Å². The van der Waals surface area contributed by atoms with Crippen molar-refractivity contribution in [2.45, 2.75) is 18.9 Å². The van der Waals surface area contributed by atoms with Gasteiger partial charge in [-0.3, -0.25) is 9.69 Å². The predicted molar refractivity (Wildman–Crippen MR) is 66.3 cm³/mol. The molecule has 1 amide bonds. The molecule has 1 unspecified atom stereocenters. The zero-order valence-corrected chi connectivity index (χ0v) is 10.8. The number of rotatable bonds is 4. The van der Waals surface area contributed by atoms with Crippen molar-refractivity contribution in [2.75, 3.05) is 46.3 Å². The van der Waals surface area contributed by atoms with Crippen LogP contribution in [0.5, 0.6) is 0 Å². The third-order valence-corrected chi connectivity index (χ3v) is 3.87. The highest BCUT2D eigenvalue weighted by atomic mass is 16.4. The lowest BCUT2D eigenvalue weighted by molar-refractivity contribution is -0.146. The number of carboxylic acid groups (broad SMARTS) is 1. The van der Waals surface area contributed by atoms with Gasteiger partial charge in [-0.15, -0.1) is 0 Å². The van der Waals surface area contributed by atoms with Crippen LogP contribution in [0.4, 0.5) is 0 Å². The van der Waals surface area contributed by atoms with Crippen molar-refractivity contribution >= 4 is 11.9 Å². The van der Waals surface area contributed by atoms with Gasteiger partial charge in [0.1, 0.15) is 6.04 Å². The van der Waals surface area contributed by atoms with Crippen LogP contribution in [0.2, 0.25) is 0 Å². The summed E-state index contributed by atoms with van der Waals surface area (Å²) in [7, 11) is 2.10. The molecule has 2 aliphatic heterocycles. The van der Waals surface area contributed by atoms with Crippen LogP contribution in [0, 0.1) is 0 Å². The second-order valence-corrected chi connectivity index (χ2v) is 5.12. The van der Waals surface area contributed by atoms with E-state index in [-0.39, 0.29) is 5.91 Å². The minimum atomic E-state index is -0.876. The van der Waals surface area contributed by atoms with Crippen LogP contribution < -0.4 is 0 Å². The number of piperazine rings is 1. The molecular formula is C12H21N3O3. The van der Waals surface area contributed by atoms with E-state index in [1.165, 1.54) is 4.90 Å². The standard InChI is InChI=1S/C12H21N3O3/c1-13-4-6-14(7-5-13)8-9-15-10(12(17)18)2-3-11(15)16/h10H,2-9H2,1H3,(H,17,18). The minimum absolute atomic E-state index is 0.0171. The highest BCUT2D eigenvalue weighted by Crippen LogP contribution is 2.18. The molecule has 2 saturated heterocycles. The Hall–Kier alpha value is -1.14. The SMILES string of the molecule is CN1CCN(CCN2C(=O)CCC2C(=O)O)CC1. The van der Waals surface area contributed by atoms with Crippen LogP contribution >= 0.6 is 0 Å². The number of likely N-dealkylation sites (tertiary alicyclic amines) is 1. The van der Waals surface area contributed by atoms with Gasteiger partial charge < -0.3 is 14.9 Å². The highest BCUT2D eigenvalue weighted by molar-refractivity contribution is 5.87. The molecule has 0 aromatic heterocycles. The molecule has 2 fully saturated rings. The number of aliphatic carboxylic acids is 1. The van der Waals surface area contributed by atoms with Crippen molar-refractivity contribution in [2.24, 2.45) is 0 Å². The van der Waals surface area contributed by atoms with Crippen molar-refractivity contribution in [1.82, 2.24) is 14.7 Å². The fourth-order valence-corrected chi connectivity index (χ4v) is 2.59. The summed E-state index contributed by atoms with van der Waals surface area (Å²) in [5, 5.41) is 9.06. The molecule has 0 aromatic carbocycles. The molecule has 0 aliphatic carbocycles. The van der Waals surface area contributed by atoms with Gasteiger partial charge in [0, 0.05) is 45.7 Å². The number of hydrogen-bond donors (Lipinski definition) is 1. The Labute approximate surface area is 107 Å². The molecule has 2 rings (SSSR count). The molecule has 0 spiro atoms. The number of hydrogen-bond acceptors (Lipinski definition) is 4. The van der Waals surface area contributed by atoms with Crippen LogP contribution in [-0.2, 0) is 9.59 Å². The predicted octanol–water partition coefficient (Wildman–Crippen LogP) is -0.691. The first-order valence-corrected chi connectivity index (χ1v) is 6.51. The Bertz CT molecular complexity index is 327. The molecule has 1 N–H and O–H groups in total. The third kappa shape index (κ3) is 3.00. The summed E-state index contributed by atoms with van der Waals surface area (Å²) in [4.78, 5) is 28.8. The second-order valence-electron chi connectivity index (χ2n) is 5.12. The smallest absolute Gasteiger partial charge is 0.326 e. The van der Waals surface area contributed by atoms with Gasteiger partial charge >= 0.3 is 5.97 Å². The summed E-state index contributed by atoms with van der Waals surface area (Å²) in [6, 6.07) is -0.607. The summed E-state index contributed by atoms with van der Waals surface area (Å²) in [5.41, 5.74) is 0. The third-order valence-electron chi connectivity index (χ3n) is 3.87. The average molecular weight is 255 g/mol. The maximum absolute atomic E-state index is 11.6. The van der Waals surface area contributed by atoms with E-state index in [1.807, 2.05) is 0 Å². The van der Waals surface area contributed by atoms with E-state index in [2.05, 4.69) is 16.8 Å². The van der Waals surface area contributed by atoms with Crippen LogP contribution in [0.15, 0.2) is 0 Å². The monoisotopic (exact) mass is 255 g/mol. The summed E-state index contributed by atoms with van der Waals surface area (Å²) in [5.74, 6) is -0.893. The Morgan fingerprint density at radius 2 is 1.94 bits per heavy atom. The number of carbonyl (C=O) groups excluding carboxylic acids is 1. The fourth-order valence-electron chi connectivity index (χ4n) is 2.59. The Morgan fingerprint density at radius 1 is 1.28 bits per heavy atom. The van der Waals surface area contributed by atoms with Gasteiger partial charge in [0.2, 0.25) is 5.91 Å². The molecule has 18 heavy (non-hydrogen) atoms. The van der Waals surface area contributed by atoms with E-state index in [0.717, 1.165) is 32.7 Å². The number of amides is 1. The van der Waals surface area contributed by atoms with Gasteiger partial charge in [-0.25, -0.2) is 4.79 Å². The van der Waals surface area contributed by atoms with Gasteiger partial charge in [0.05, 0.1) is 0 Å². The Balaban J connectivity index is 1.81. The lowest BCUT2D eigenvalue weighted by atomic mass is 10.2. The van der Waals surface area contributed by atoms with Crippen molar-refractivity contribution in [3.8, 4) is 0 Å². The van der Waals surface area contributed by atoms with E-state index in [4.69, 9.17) is 5.11 Å². The second kappa shape index (κ2) is 5.67. The lowest BCUT2D eigenvalue weighted by Gasteiger charge is -2.33. The summed E-state index contributed by atoms with van der Waals surface area (Å²) < 4.78 is 0. The highest BCUT2D eigenvalue weighted by Gasteiger charge is 2.35. The summed E-state index contributed by atoms with van der Waals surface area (Å²) in [6.45, 7) is 5.39. The van der Waals surface area contributed by atoms with E-state index in [0.29, 0.717) is 19.4 Å². The van der Waals surface area contributed by atoms with E-state index in [9.17, 15) is 9.59 Å². The van der Waals surface area contributed by atoms with Crippen LogP contribution in [0.1, 0.15) is 12.8 Å². The molecule has 102 valence electrons. The van der Waals surface area contributed by atoms with Crippen molar-refractivity contribution < 1.29 is 14.7 Å². The Morgan fingerprint density at radius 3 is 2.56 bits per heavy atom. The summed E-state index contributed by atoms with van der Waals surface area (Å²) >= 11 is 0. The van der Waals surface area contributed by atoms with E-state index in [1.54, 1.807) is 0 Å². The lowest BCUT2D eigenvalue weighted by Crippen LogP contribution is -2.48. The van der Waals surface area contributed by atoms with Crippen molar-refractivity contribution in [1.29, 1.82) is 0 Å².